The average Bonchev–Trinajstić information content (AvgIpc) is 2.59. The van der Waals surface area contributed by atoms with Crippen LogP contribution < -0.4 is 0 Å². The topological polar surface area (TPSA) is 6.48 Å². The summed E-state index contributed by atoms with van der Waals surface area (Å²) in [6, 6.07) is 0. The Bertz CT molecular complexity index is 166. The molecule has 0 amide bonds. The van der Waals surface area contributed by atoms with E-state index in [4.69, 9.17) is 0 Å². The first kappa shape index (κ1) is 16.3. The van der Waals surface area contributed by atoms with E-state index in [1.165, 1.54) is 90.6 Å². The molecule has 6 aliphatic heterocycles. The van der Waals surface area contributed by atoms with Gasteiger partial charge in [-0.1, -0.05) is 26.7 Å². The highest BCUT2D eigenvalue weighted by molar-refractivity contribution is 4.79. The van der Waals surface area contributed by atoms with Crippen molar-refractivity contribution in [2.75, 3.05) is 39.3 Å². The van der Waals surface area contributed by atoms with E-state index in [1.54, 1.807) is 0 Å². The Morgan fingerprint density at radius 2 is 0.800 bits per heavy atom. The summed E-state index contributed by atoms with van der Waals surface area (Å²) >= 11 is 0. The van der Waals surface area contributed by atoms with Crippen LogP contribution in [0.1, 0.15) is 65.2 Å². The molecule has 4 bridgehead atoms. The number of hydrogen-bond acceptors (Lipinski definition) is 2. The fraction of sp³-hybridized carbons (Fsp3) is 1.00. The third-order valence-corrected chi connectivity index (χ3v) is 5.62. The molecule has 2 nitrogen and oxygen atoms in total. The van der Waals surface area contributed by atoms with Crippen LogP contribution >= 0.6 is 0 Å². The molecule has 20 heavy (non-hydrogen) atoms. The molecular formula is C18H36N2. The maximum atomic E-state index is 2.58. The van der Waals surface area contributed by atoms with Crippen LogP contribution in [-0.4, -0.2) is 49.1 Å². The Kier molecular flexibility index (Phi) is 7.37. The molecule has 6 saturated heterocycles. The molecule has 0 N–H and O–H groups in total. The number of rotatable bonds is 1. The minimum absolute atomic E-state index is 1.11. The summed E-state index contributed by atoms with van der Waals surface area (Å²) in [6.07, 6.45) is 11.6. The van der Waals surface area contributed by atoms with Gasteiger partial charge in [0.1, 0.15) is 0 Å². The summed E-state index contributed by atoms with van der Waals surface area (Å²) in [4.78, 5) is 5.17. The maximum absolute atomic E-state index is 2.58. The van der Waals surface area contributed by atoms with Gasteiger partial charge in [-0.25, -0.2) is 0 Å². The molecular weight excluding hydrogens is 244 g/mol. The molecule has 6 aliphatic rings. The predicted octanol–water partition coefficient (Wildman–Crippen LogP) is 4.01. The van der Waals surface area contributed by atoms with Gasteiger partial charge in [0.05, 0.1) is 0 Å². The van der Waals surface area contributed by atoms with Crippen LogP contribution in [0.3, 0.4) is 0 Å². The van der Waals surface area contributed by atoms with Gasteiger partial charge in [-0.05, 0) is 89.6 Å². The second kappa shape index (κ2) is 9.04. The summed E-state index contributed by atoms with van der Waals surface area (Å²) in [7, 11) is 0. The fourth-order valence-electron chi connectivity index (χ4n) is 3.73. The first-order chi connectivity index (χ1) is 9.81. The van der Waals surface area contributed by atoms with Gasteiger partial charge < -0.3 is 9.80 Å². The number of piperidine rings is 6. The summed E-state index contributed by atoms with van der Waals surface area (Å²) in [5.74, 6) is 2.22. The Hall–Kier alpha value is -0.0800. The third kappa shape index (κ3) is 5.37. The van der Waals surface area contributed by atoms with Crippen LogP contribution in [-0.2, 0) is 0 Å². The summed E-state index contributed by atoms with van der Waals surface area (Å²) in [5.41, 5.74) is 0. The summed E-state index contributed by atoms with van der Waals surface area (Å²) < 4.78 is 0. The molecule has 6 rings (SSSR count). The largest absolute Gasteiger partial charge is 0.303 e. The maximum Gasteiger partial charge on any atom is -0.00161 e. The van der Waals surface area contributed by atoms with E-state index in [0.717, 1.165) is 11.8 Å². The second-order valence-electron chi connectivity index (χ2n) is 7.15. The smallest absolute Gasteiger partial charge is 0.00161 e. The van der Waals surface area contributed by atoms with Crippen molar-refractivity contribution in [2.45, 2.75) is 65.2 Å². The van der Waals surface area contributed by atoms with Crippen molar-refractivity contribution in [1.29, 1.82) is 0 Å². The zero-order chi connectivity index (χ0) is 14.2. The lowest BCUT2D eigenvalue weighted by atomic mass is 9.89. The molecule has 0 aromatic heterocycles. The zero-order valence-electron chi connectivity index (χ0n) is 13.9. The van der Waals surface area contributed by atoms with Crippen LogP contribution in [0.5, 0.6) is 0 Å². The highest BCUT2D eigenvalue weighted by Crippen LogP contribution is 2.26. The normalized spacial score (nSPS) is 37.5. The van der Waals surface area contributed by atoms with E-state index in [9.17, 15) is 0 Å². The molecule has 118 valence electrons. The summed E-state index contributed by atoms with van der Waals surface area (Å²) in [5, 5.41) is 0. The van der Waals surface area contributed by atoms with Crippen molar-refractivity contribution < 1.29 is 0 Å². The number of nitrogens with zero attached hydrogens (tertiary/aromatic N) is 2. The highest BCUT2D eigenvalue weighted by Gasteiger charge is 2.25. The van der Waals surface area contributed by atoms with Gasteiger partial charge in [-0.2, -0.15) is 0 Å². The SMILES string of the molecule is C1CN2CCC1CC2.C1CN2CCC1CC2.CCCC. The van der Waals surface area contributed by atoms with Crippen molar-refractivity contribution in [1.82, 2.24) is 9.80 Å². The molecule has 0 spiro atoms. The Balaban J connectivity index is 0.000000118. The fourth-order valence-corrected chi connectivity index (χ4v) is 3.73. The Morgan fingerprint density at radius 1 is 0.550 bits per heavy atom. The van der Waals surface area contributed by atoms with Gasteiger partial charge in [0, 0.05) is 0 Å². The van der Waals surface area contributed by atoms with Crippen LogP contribution in [0.25, 0.3) is 0 Å². The zero-order valence-corrected chi connectivity index (χ0v) is 13.9. The van der Waals surface area contributed by atoms with Crippen LogP contribution in [0.15, 0.2) is 0 Å². The van der Waals surface area contributed by atoms with E-state index in [1.807, 2.05) is 0 Å². The Morgan fingerprint density at radius 3 is 0.850 bits per heavy atom. The average molecular weight is 280 g/mol. The van der Waals surface area contributed by atoms with Gasteiger partial charge >= 0.3 is 0 Å². The lowest BCUT2D eigenvalue weighted by molar-refractivity contribution is 0.111. The lowest BCUT2D eigenvalue weighted by Crippen LogP contribution is -2.41. The molecule has 0 aromatic carbocycles. The molecule has 0 atom stereocenters. The van der Waals surface area contributed by atoms with Gasteiger partial charge in [0.2, 0.25) is 0 Å². The van der Waals surface area contributed by atoms with Crippen LogP contribution in [0.2, 0.25) is 0 Å². The van der Waals surface area contributed by atoms with Gasteiger partial charge in [0.25, 0.3) is 0 Å². The molecule has 0 radical (unpaired) electrons. The molecule has 6 heterocycles. The van der Waals surface area contributed by atoms with E-state index in [-0.39, 0.29) is 0 Å². The number of hydrogen-bond donors (Lipinski definition) is 0. The molecule has 2 heteroatoms. The van der Waals surface area contributed by atoms with Gasteiger partial charge in [0.15, 0.2) is 0 Å². The van der Waals surface area contributed by atoms with Gasteiger partial charge in [-0.15, -0.1) is 0 Å². The standard InChI is InChI=1S/2C7H13N.C4H10/c2*1-4-8-5-2-7(1)3-6-8;1-3-4-2/h2*7H,1-6H2;3-4H2,1-2H3. The monoisotopic (exact) mass is 280 g/mol. The second-order valence-corrected chi connectivity index (χ2v) is 7.15. The number of unbranched alkanes of at least 4 members (excludes halogenated alkanes) is 1. The molecule has 6 fully saturated rings. The van der Waals surface area contributed by atoms with E-state index < -0.39 is 0 Å². The minimum Gasteiger partial charge on any atom is -0.303 e. The van der Waals surface area contributed by atoms with Crippen LogP contribution in [0.4, 0.5) is 0 Å². The molecule has 0 saturated carbocycles. The van der Waals surface area contributed by atoms with E-state index in [2.05, 4.69) is 23.6 Å². The van der Waals surface area contributed by atoms with Crippen molar-refractivity contribution in [3.05, 3.63) is 0 Å². The van der Waals surface area contributed by atoms with Crippen molar-refractivity contribution in [3.8, 4) is 0 Å². The van der Waals surface area contributed by atoms with E-state index in [0.29, 0.717) is 0 Å². The van der Waals surface area contributed by atoms with Crippen LogP contribution in [0, 0.1) is 11.8 Å². The van der Waals surface area contributed by atoms with Crippen molar-refractivity contribution >= 4 is 0 Å². The lowest BCUT2D eigenvalue weighted by Gasteiger charge is -2.38. The summed E-state index contributed by atoms with van der Waals surface area (Å²) in [6.45, 7) is 12.7. The minimum atomic E-state index is 1.11. The molecule has 0 aliphatic carbocycles. The quantitative estimate of drug-likeness (QED) is 0.716. The van der Waals surface area contributed by atoms with Crippen molar-refractivity contribution in [2.24, 2.45) is 11.8 Å². The highest BCUT2D eigenvalue weighted by atomic mass is 15.1. The van der Waals surface area contributed by atoms with E-state index >= 15 is 0 Å². The number of fused-ring (bicyclic) bond motifs is 6. The van der Waals surface area contributed by atoms with Gasteiger partial charge in [-0.3, -0.25) is 0 Å². The van der Waals surface area contributed by atoms with Crippen molar-refractivity contribution in [3.63, 3.8) is 0 Å². The molecule has 0 unspecified atom stereocenters. The first-order valence-electron chi connectivity index (χ1n) is 9.26. The first-order valence-corrected chi connectivity index (χ1v) is 9.26. The third-order valence-electron chi connectivity index (χ3n) is 5.62. The predicted molar refractivity (Wildman–Crippen MR) is 88.1 cm³/mol. The Labute approximate surface area is 126 Å². The molecule has 0 aromatic rings.